The van der Waals surface area contributed by atoms with E-state index in [1.807, 2.05) is 0 Å². The SMILES string of the molecule is Nc1c(Cl)cc(C(=O)NCC(F)(F)C(F)F)cc1[N+](=O)[O-]. The lowest BCUT2D eigenvalue weighted by Crippen LogP contribution is -2.41. The van der Waals surface area contributed by atoms with Crippen molar-refractivity contribution in [3.8, 4) is 0 Å². The lowest BCUT2D eigenvalue weighted by atomic mass is 10.1. The number of nitrogens with zero attached hydrogens (tertiary/aromatic N) is 1. The van der Waals surface area contributed by atoms with Crippen molar-refractivity contribution in [3.05, 3.63) is 32.8 Å². The zero-order valence-corrected chi connectivity index (χ0v) is 10.8. The molecule has 21 heavy (non-hydrogen) atoms. The lowest BCUT2D eigenvalue weighted by Gasteiger charge is -2.15. The van der Waals surface area contributed by atoms with Gasteiger partial charge in [-0.15, -0.1) is 0 Å². The molecule has 1 rings (SSSR count). The molecule has 0 atom stereocenters. The molecule has 1 aromatic rings. The maximum absolute atomic E-state index is 12.7. The number of nitro benzene ring substituents is 1. The van der Waals surface area contributed by atoms with Crippen LogP contribution >= 0.6 is 11.6 Å². The van der Waals surface area contributed by atoms with Crippen molar-refractivity contribution >= 4 is 28.9 Å². The van der Waals surface area contributed by atoms with Gasteiger partial charge in [-0.05, 0) is 6.07 Å². The molecule has 1 aromatic carbocycles. The largest absolute Gasteiger partial charge is 0.392 e. The molecule has 0 bridgehead atoms. The number of alkyl halides is 4. The third kappa shape index (κ3) is 3.94. The number of rotatable bonds is 5. The molecule has 0 aliphatic heterocycles. The van der Waals surface area contributed by atoms with Crippen LogP contribution in [0.25, 0.3) is 0 Å². The Labute approximate surface area is 120 Å². The number of halogens is 5. The minimum Gasteiger partial charge on any atom is -0.392 e. The molecule has 1 amide bonds. The van der Waals surface area contributed by atoms with Crippen LogP contribution < -0.4 is 11.1 Å². The maximum atomic E-state index is 12.7. The van der Waals surface area contributed by atoms with Crippen LogP contribution in [0.15, 0.2) is 12.1 Å². The van der Waals surface area contributed by atoms with E-state index in [2.05, 4.69) is 0 Å². The Morgan fingerprint density at radius 3 is 2.52 bits per heavy atom. The summed E-state index contributed by atoms with van der Waals surface area (Å²) in [6.45, 7) is -1.63. The number of benzene rings is 1. The number of carbonyl (C=O) groups is 1. The molecule has 0 unspecified atom stereocenters. The highest BCUT2D eigenvalue weighted by molar-refractivity contribution is 6.34. The highest BCUT2D eigenvalue weighted by atomic mass is 35.5. The Kier molecular flexibility index (Phi) is 4.94. The van der Waals surface area contributed by atoms with Crippen molar-refractivity contribution < 1.29 is 27.3 Å². The fraction of sp³-hybridized carbons (Fsp3) is 0.300. The van der Waals surface area contributed by atoms with Crippen LogP contribution in [-0.4, -0.2) is 29.7 Å². The van der Waals surface area contributed by atoms with Gasteiger partial charge in [0.25, 0.3) is 11.6 Å². The summed E-state index contributed by atoms with van der Waals surface area (Å²) in [5.74, 6) is -5.64. The summed E-state index contributed by atoms with van der Waals surface area (Å²) in [6, 6.07) is 1.61. The molecule has 0 saturated carbocycles. The fourth-order valence-electron chi connectivity index (χ4n) is 1.26. The summed E-state index contributed by atoms with van der Waals surface area (Å²) >= 11 is 5.57. The molecule has 0 radical (unpaired) electrons. The third-order valence-electron chi connectivity index (χ3n) is 2.37. The number of hydrogen-bond donors (Lipinski definition) is 2. The molecule has 0 fully saturated rings. The molecule has 0 aromatic heterocycles. The van der Waals surface area contributed by atoms with Gasteiger partial charge >= 0.3 is 12.3 Å². The van der Waals surface area contributed by atoms with Gasteiger partial charge in [0.1, 0.15) is 5.69 Å². The first-order chi connectivity index (χ1) is 9.56. The molecule has 11 heteroatoms. The van der Waals surface area contributed by atoms with Crippen LogP contribution in [0.4, 0.5) is 28.9 Å². The second-order valence-electron chi connectivity index (χ2n) is 3.89. The first kappa shape index (κ1) is 17.0. The number of nitrogen functional groups attached to an aromatic ring is 1. The number of anilines is 1. The zero-order valence-electron chi connectivity index (χ0n) is 10.1. The van der Waals surface area contributed by atoms with Crippen molar-refractivity contribution in [1.82, 2.24) is 5.32 Å². The Bertz CT molecular complexity index is 583. The fourth-order valence-corrected chi connectivity index (χ4v) is 1.48. The summed E-state index contributed by atoms with van der Waals surface area (Å²) < 4.78 is 49.2. The molecule has 6 nitrogen and oxygen atoms in total. The van der Waals surface area contributed by atoms with Crippen LogP contribution in [-0.2, 0) is 0 Å². The van der Waals surface area contributed by atoms with Gasteiger partial charge in [-0.2, -0.15) is 8.78 Å². The highest BCUT2D eigenvalue weighted by Crippen LogP contribution is 2.31. The van der Waals surface area contributed by atoms with Crippen LogP contribution in [0.2, 0.25) is 5.02 Å². The van der Waals surface area contributed by atoms with Crippen molar-refractivity contribution in [1.29, 1.82) is 0 Å². The average Bonchev–Trinajstić information content (AvgIpc) is 2.38. The Balaban J connectivity index is 2.96. The standard InChI is InChI=1S/C10H8ClF4N3O3/c11-5-1-4(2-6(7(5)16)18(20)21)8(19)17-3-10(14,15)9(12)13/h1-2,9H,3,16H2,(H,17,19). The van der Waals surface area contributed by atoms with Crippen molar-refractivity contribution in [3.63, 3.8) is 0 Å². The average molecular weight is 330 g/mol. The molecule has 0 heterocycles. The van der Waals surface area contributed by atoms with Gasteiger partial charge in [-0.3, -0.25) is 14.9 Å². The molecule has 116 valence electrons. The topological polar surface area (TPSA) is 98.3 Å². The van der Waals surface area contributed by atoms with Crippen LogP contribution in [0.3, 0.4) is 0 Å². The van der Waals surface area contributed by atoms with E-state index in [1.165, 1.54) is 0 Å². The second-order valence-corrected chi connectivity index (χ2v) is 4.30. The number of nitrogens with one attached hydrogen (secondary N) is 1. The van der Waals surface area contributed by atoms with Gasteiger partial charge in [-0.25, -0.2) is 8.78 Å². The minimum absolute atomic E-state index is 0.338. The van der Waals surface area contributed by atoms with Gasteiger partial charge in [0, 0.05) is 11.6 Å². The Hall–Kier alpha value is -2.10. The predicted molar refractivity (Wildman–Crippen MR) is 65.8 cm³/mol. The van der Waals surface area contributed by atoms with Gasteiger partial charge in [0.15, 0.2) is 0 Å². The summed E-state index contributed by atoms with van der Waals surface area (Å²) in [4.78, 5) is 21.3. The summed E-state index contributed by atoms with van der Waals surface area (Å²) in [7, 11) is 0. The minimum atomic E-state index is -4.42. The van der Waals surface area contributed by atoms with Crippen molar-refractivity contribution in [2.45, 2.75) is 12.3 Å². The van der Waals surface area contributed by atoms with E-state index in [4.69, 9.17) is 17.3 Å². The summed E-state index contributed by atoms with van der Waals surface area (Å²) in [5, 5.41) is 11.9. The van der Waals surface area contributed by atoms with E-state index in [-0.39, 0.29) is 5.02 Å². The Morgan fingerprint density at radius 2 is 2.05 bits per heavy atom. The third-order valence-corrected chi connectivity index (χ3v) is 2.68. The van der Waals surface area contributed by atoms with Crippen LogP contribution in [0.5, 0.6) is 0 Å². The van der Waals surface area contributed by atoms with Crippen molar-refractivity contribution in [2.24, 2.45) is 0 Å². The molecule has 0 spiro atoms. The monoisotopic (exact) mass is 329 g/mol. The number of hydrogen-bond acceptors (Lipinski definition) is 4. The van der Waals surface area contributed by atoms with Gasteiger partial charge in [0.2, 0.25) is 0 Å². The molecule has 0 saturated heterocycles. The number of carbonyl (C=O) groups excluding carboxylic acids is 1. The van der Waals surface area contributed by atoms with Gasteiger partial charge in [-0.1, -0.05) is 11.6 Å². The molecule has 0 aliphatic rings. The quantitative estimate of drug-likeness (QED) is 0.375. The summed E-state index contributed by atoms with van der Waals surface area (Å²) in [6.07, 6.45) is -3.96. The number of nitro groups is 1. The van der Waals surface area contributed by atoms with Crippen molar-refractivity contribution in [2.75, 3.05) is 12.3 Å². The number of nitrogens with two attached hydrogens (primary N) is 1. The lowest BCUT2D eigenvalue weighted by molar-refractivity contribution is -0.383. The molecule has 0 aliphatic carbocycles. The predicted octanol–water partition coefficient (Wildman–Crippen LogP) is 2.46. The van der Waals surface area contributed by atoms with E-state index in [0.29, 0.717) is 6.07 Å². The molecular weight excluding hydrogens is 322 g/mol. The number of amides is 1. The highest BCUT2D eigenvalue weighted by Gasteiger charge is 2.41. The maximum Gasteiger partial charge on any atom is 0.324 e. The van der Waals surface area contributed by atoms with E-state index in [9.17, 15) is 32.5 Å². The molecular formula is C10H8ClF4N3O3. The smallest absolute Gasteiger partial charge is 0.324 e. The Morgan fingerprint density at radius 1 is 1.48 bits per heavy atom. The normalized spacial score (nSPS) is 11.5. The van der Waals surface area contributed by atoms with Gasteiger partial charge < -0.3 is 11.1 Å². The van der Waals surface area contributed by atoms with Gasteiger partial charge in [0.05, 0.1) is 16.5 Å². The van der Waals surface area contributed by atoms with E-state index < -0.39 is 46.7 Å². The second kappa shape index (κ2) is 6.12. The van der Waals surface area contributed by atoms with Crippen LogP contribution in [0, 0.1) is 10.1 Å². The van der Waals surface area contributed by atoms with E-state index in [0.717, 1.165) is 6.07 Å². The van der Waals surface area contributed by atoms with E-state index in [1.54, 1.807) is 5.32 Å². The van der Waals surface area contributed by atoms with Crippen LogP contribution in [0.1, 0.15) is 10.4 Å². The zero-order chi connectivity index (χ0) is 16.4. The van der Waals surface area contributed by atoms with E-state index >= 15 is 0 Å². The summed E-state index contributed by atoms with van der Waals surface area (Å²) in [5.41, 5.74) is 3.75. The first-order valence-corrected chi connectivity index (χ1v) is 5.61. The first-order valence-electron chi connectivity index (χ1n) is 5.24. The molecule has 3 N–H and O–H groups in total.